The number of allylic oxidation sites excluding steroid dienone is 3. The van der Waals surface area contributed by atoms with Gasteiger partial charge < -0.3 is 0 Å². The van der Waals surface area contributed by atoms with E-state index in [1.165, 1.54) is 62.1 Å². The van der Waals surface area contributed by atoms with Crippen molar-refractivity contribution in [2.24, 2.45) is 15.9 Å². The molecule has 0 aliphatic heterocycles. The normalized spacial score (nSPS) is 17.9. The number of nitrogens with zero attached hydrogens (tertiary/aromatic N) is 4. The second-order valence-corrected chi connectivity index (χ2v) is 16.4. The molecule has 3 aliphatic rings. The fraction of sp³-hybridized carbons (Fsp3) is 0.216. The number of aliphatic imine (C=N–C) groups is 2. The number of hydrogen-bond acceptors (Lipinski definition) is 4. The number of fused-ring (bicyclic) bond motifs is 10. The maximum atomic E-state index is 4.91. The lowest BCUT2D eigenvalue weighted by molar-refractivity contribution is 0.532. The molecule has 55 heavy (non-hydrogen) atoms. The fourth-order valence-electron chi connectivity index (χ4n) is 8.99. The van der Waals surface area contributed by atoms with Crippen LogP contribution in [0.2, 0.25) is 0 Å². The van der Waals surface area contributed by atoms with Crippen molar-refractivity contribution in [1.82, 2.24) is 9.97 Å². The van der Waals surface area contributed by atoms with E-state index in [1.807, 2.05) is 24.8 Å². The minimum absolute atomic E-state index is 0.116. The molecule has 270 valence electrons. The van der Waals surface area contributed by atoms with Gasteiger partial charge in [-0.3, -0.25) is 9.98 Å². The van der Waals surface area contributed by atoms with E-state index in [2.05, 4.69) is 161 Å². The van der Waals surface area contributed by atoms with E-state index in [-0.39, 0.29) is 11.3 Å². The maximum Gasteiger partial charge on any atom is 0.135 e. The van der Waals surface area contributed by atoms with Crippen LogP contribution in [0, 0.1) is 5.92 Å². The van der Waals surface area contributed by atoms with Crippen molar-refractivity contribution in [2.75, 3.05) is 0 Å². The Hall–Kier alpha value is -6.00. The van der Waals surface area contributed by atoms with Crippen LogP contribution in [-0.4, -0.2) is 22.9 Å². The van der Waals surface area contributed by atoms with E-state index in [0.717, 1.165) is 34.5 Å². The second kappa shape index (κ2) is 13.7. The highest BCUT2D eigenvalue weighted by atomic mass is 14.9. The first-order valence-corrected chi connectivity index (χ1v) is 19.5. The molecule has 9 rings (SSSR count). The van der Waals surface area contributed by atoms with E-state index in [4.69, 9.17) is 15.0 Å². The summed E-state index contributed by atoms with van der Waals surface area (Å²) >= 11 is 0. The monoisotopic (exact) mass is 714 g/mol. The van der Waals surface area contributed by atoms with Crippen molar-refractivity contribution in [3.63, 3.8) is 0 Å². The molecule has 0 saturated heterocycles. The van der Waals surface area contributed by atoms with E-state index in [1.54, 1.807) is 0 Å². The largest absolute Gasteiger partial charge is 0.288 e. The number of aromatic nitrogens is 2. The molecule has 0 N–H and O–H groups in total. The first-order valence-electron chi connectivity index (χ1n) is 19.5. The van der Waals surface area contributed by atoms with Crippen molar-refractivity contribution < 1.29 is 0 Å². The van der Waals surface area contributed by atoms with E-state index in [0.29, 0.717) is 12.5 Å². The van der Waals surface area contributed by atoms with Crippen LogP contribution in [0.1, 0.15) is 91.2 Å². The first-order chi connectivity index (χ1) is 26.8. The molecule has 4 nitrogen and oxygen atoms in total. The number of hydrogen-bond donors (Lipinski definition) is 0. The van der Waals surface area contributed by atoms with E-state index >= 15 is 0 Å². The number of benzene rings is 5. The highest BCUT2D eigenvalue weighted by molar-refractivity contribution is 6.10. The lowest BCUT2D eigenvalue weighted by Gasteiger charge is -2.31. The van der Waals surface area contributed by atoms with Crippen LogP contribution in [0.5, 0.6) is 0 Å². The molecule has 0 saturated carbocycles. The smallest absolute Gasteiger partial charge is 0.135 e. The van der Waals surface area contributed by atoms with Gasteiger partial charge in [-0.25, -0.2) is 9.97 Å². The van der Waals surface area contributed by atoms with E-state index in [9.17, 15) is 0 Å². The predicted octanol–water partition coefficient (Wildman–Crippen LogP) is 12.2. The van der Waals surface area contributed by atoms with Crippen molar-refractivity contribution in [3.05, 3.63) is 185 Å². The fourth-order valence-corrected chi connectivity index (χ4v) is 8.99. The number of rotatable bonds is 7. The van der Waals surface area contributed by atoms with Crippen LogP contribution in [-0.2, 0) is 17.4 Å². The van der Waals surface area contributed by atoms with Crippen LogP contribution < -0.4 is 0 Å². The van der Waals surface area contributed by atoms with Gasteiger partial charge in [0.15, 0.2) is 0 Å². The molecule has 1 aromatic heterocycles. The predicted molar refractivity (Wildman–Crippen MR) is 229 cm³/mol. The Bertz CT molecular complexity index is 2480. The summed E-state index contributed by atoms with van der Waals surface area (Å²) in [5, 5.41) is 0. The average Bonchev–Trinajstić information content (AvgIpc) is 3.67. The molecule has 4 heteroatoms. The minimum Gasteiger partial charge on any atom is -0.288 e. The quantitative estimate of drug-likeness (QED) is 0.122. The summed E-state index contributed by atoms with van der Waals surface area (Å²) in [4.78, 5) is 19.0. The molecule has 2 atom stereocenters. The SMILES string of the molecule is C=N/C=C(\C=N/Cc1ccc(C(C)(C)C)cc1)c1ccc2c(c1)C1(c3ccccc3-c3ccccc31)c1cc(-c3cnc(C4C=CC(C)CC4)nc3)ccc1-2. The molecule has 0 bridgehead atoms. The Morgan fingerprint density at radius 1 is 0.727 bits per heavy atom. The second-order valence-electron chi connectivity index (χ2n) is 16.4. The standard InChI is InChI=1S/C51H46N4/c1-33-14-18-35(19-15-33)49-54-31-39(32-55-49)37-21-25-44-43-24-20-36(38(29-52-5)30-53-28-34-16-22-40(23-17-34)50(2,3)4)26-47(43)51(48(44)27-37)45-12-8-6-10-41(45)42-11-7-9-13-46(42)51/h6-14,16-18,20-27,29-33,35H,5,15,19,28H2,1-4H3/b38-29+,53-30-. The molecule has 1 spiro atoms. The van der Waals surface area contributed by atoms with Crippen LogP contribution in [0.3, 0.4) is 0 Å². The summed E-state index contributed by atoms with van der Waals surface area (Å²) in [5.74, 6) is 1.81. The molecule has 1 heterocycles. The Labute approximate surface area is 325 Å². The molecule has 5 aromatic carbocycles. The molecule has 0 amide bonds. The summed E-state index contributed by atoms with van der Waals surface area (Å²) in [6, 6.07) is 40.4. The maximum absolute atomic E-state index is 4.91. The summed E-state index contributed by atoms with van der Waals surface area (Å²) in [6.45, 7) is 13.4. The van der Waals surface area contributed by atoms with Crippen LogP contribution in [0.15, 0.2) is 150 Å². The Morgan fingerprint density at radius 3 is 2.00 bits per heavy atom. The van der Waals surface area contributed by atoms with Gasteiger partial charge in [-0.05, 0) is 110 Å². The van der Waals surface area contributed by atoms with E-state index < -0.39 is 5.41 Å². The molecular formula is C51H46N4. The van der Waals surface area contributed by atoms with Crippen LogP contribution in [0.25, 0.3) is 39.0 Å². The minimum atomic E-state index is -0.507. The van der Waals surface area contributed by atoms with Crippen molar-refractivity contribution in [2.45, 2.75) is 63.8 Å². The van der Waals surface area contributed by atoms with Gasteiger partial charge in [0.05, 0.1) is 12.0 Å². The lowest BCUT2D eigenvalue weighted by Crippen LogP contribution is -2.26. The molecule has 2 unspecified atom stereocenters. The summed E-state index contributed by atoms with van der Waals surface area (Å²) in [6.07, 6.45) is 14.6. The first kappa shape index (κ1) is 34.7. The highest BCUT2D eigenvalue weighted by Gasteiger charge is 2.51. The summed E-state index contributed by atoms with van der Waals surface area (Å²) in [7, 11) is 0. The van der Waals surface area contributed by atoms with Gasteiger partial charge in [-0.1, -0.05) is 137 Å². The summed E-state index contributed by atoms with van der Waals surface area (Å²) in [5.41, 5.74) is 16.4. The van der Waals surface area contributed by atoms with Gasteiger partial charge in [0.1, 0.15) is 5.82 Å². The van der Waals surface area contributed by atoms with Crippen LogP contribution in [0.4, 0.5) is 0 Å². The van der Waals surface area contributed by atoms with Gasteiger partial charge in [0.25, 0.3) is 0 Å². The molecular weight excluding hydrogens is 669 g/mol. The van der Waals surface area contributed by atoms with Gasteiger partial charge in [-0.2, -0.15) is 0 Å². The van der Waals surface area contributed by atoms with Gasteiger partial charge in [0, 0.05) is 41.9 Å². The summed E-state index contributed by atoms with van der Waals surface area (Å²) < 4.78 is 0. The van der Waals surface area contributed by atoms with Gasteiger partial charge >= 0.3 is 0 Å². The zero-order chi connectivity index (χ0) is 37.7. The third kappa shape index (κ3) is 5.92. The molecule has 6 aromatic rings. The highest BCUT2D eigenvalue weighted by Crippen LogP contribution is 2.63. The Kier molecular flexibility index (Phi) is 8.65. The topological polar surface area (TPSA) is 50.5 Å². The average molecular weight is 715 g/mol. The van der Waals surface area contributed by atoms with Gasteiger partial charge in [-0.15, -0.1) is 0 Å². The Balaban J connectivity index is 1.14. The zero-order valence-corrected chi connectivity index (χ0v) is 32.1. The third-order valence-electron chi connectivity index (χ3n) is 11.9. The van der Waals surface area contributed by atoms with Crippen molar-refractivity contribution >= 4 is 18.5 Å². The molecule has 0 fully saturated rings. The third-order valence-corrected chi connectivity index (χ3v) is 11.9. The van der Waals surface area contributed by atoms with Gasteiger partial charge in [0.2, 0.25) is 0 Å². The molecule has 0 radical (unpaired) electrons. The van der Waals surface area contributed by atoms with Crippen LogP contribution >= 0.6 is 0 Å². The Morgan fingerprint density at radius 2 is 1.36 bits per heavy atom. The lowest BCUT2D eigenvalue weighted by atomic mass is 9.70. The van der Waals surface area contributed by atoms with Crippen molar-refractivity contribution in [3.8, 4) is 33.4 Å². The zero-order valence-electron chi connectivity index (χ0n) is 32.1. The molecule has 3 aliphatic carbocycles. The van der Waals surface area contributed by atoms with Crippen molar-refractivity contribution in [1.29, 1.82) is 0 Å².